The van der Waals surface area contributed by atoms with Crippen molar-refractivity contribution in [1.29, 1.82) is 0 Å². The first-order chi connectivity index (χ1) is 10.5. The monoisotopic (exact) mass is 306 g/mol. The molecule has 0 aliphatic heterocycles. The molecule has 0 bridgehead atoms. The van der Waals surface area contributed by atoms with Crippen LogP contribution in [0.3, 0.4) is 0 Å². The Labute approximate surface area is 134 Å². The van der Waals surface area contributed by atoms with E-state index < -0.39 is 0 Å². The van der Waals surface area contributed by atoms with Crippen molar-refractivity contribution in [1.82, 2.24) is 0 Å². The molecule has 0 aromatic heterocycles. The van der Waals surface area contributed by atoms with Gasteiger partial charge < -0.3 is 9.47 Å². The molecule has 1 aromatic carbocycles. The molecule has 0 heterocycles. The molecule has 0 saturated heterocycles. The van der Waals surface area contributed by atoms with E-state index in [1.807, 2.05) is 27.7 Å². The number of halogens is 1. The number of rotatable bonds is 8. The van der Waals surface area contributed by atoms with Gasteiger partial charge in [0.1, 0.15) is 5.82 Å². The van der Waals surface area contributed by atoms with Crippen molar-refractivity contribution >= 4 is 0 Å². The third-order valence-corrected chi connectivity index (χ3v) is 3.60. The first-order valence-corrected chi connectivity index (χ1v) is 8.06. The van der Waals surface area contributed by atoms with E-state index in [9.17, 15) is 4.39 Å². The Morgan fingerprint density at radius 3 is 2.09 bits per heavy atom. The van der Waals surface area contributed by atoms with Crippen molar-refractivity contribution in [2.24, 2.45) is 5.92 Å². The summed E-state index contributed by atoms with van der Waals surface area (Å²) in [5, 5.41) is 0. The van der Waals surface area contributed by atoms with Crippen molar-refractivity contribution in [3.05, 3.63) is 23.5 Å². The average Bonchev–Trinajstić information content (AvgIpc) is 2.51. The number of benzene rings is 1. The van der Waals surface area contributed by atoms with Crippen LogP contribution in [0, 0.1) is 23.6 Å². The summed E-state index contributed by atoms with van der Waals surface area (Å²) in [6.45, 7) is 11.0. The fourth-order valence-electron chi connectivity index (χ4n) is 2.17. The summed E-state index contributed by atoms with van der Waals surface area (Å²) in [5.74, 6) is 6.92. The van der Waals surface area contributed by atoms with E-state index >= 15 is 0 Å². The van der Waals surface area contributed by atoms with Gasteiger partial charge in [-0.25, -0.2) is 4.39 Å². The summed E-state index contributed by atoms with van der Waals surface area (Å²) in [6.07, 6.45) is 1.77. The Hall–Kier alpha value is -1.69. The van der Waals surface area contributed by atoms with Crippen molar-refractivity contribution < 1.29 is 13.9 Å². The van der Waals surface area contributed by atoms with Crippen molar-refractivity contribution in [3.63, 3.8) is 0 Å². The van der Waals surface area contributed by atoms with Crippen molar-refractivity contribution in [2.75, 3.05) is 13.2 Å². The number of ether oxygens (including phenoxy) is 2. The molecule has 2 atom stereocenters. The topological polar surface area (TPSA) is 18.5 Å². The summed E-state index contributed by atoms with van der Waals surface area (Å²) < 4.78 is 25.8. The van der Waals surface area contributed by atoms with Gasteiger partial charge in [-0.2, -0.15) is 0 Å². The molecule has 0 aliphatic rings. The van der Waals surface area contributed by atoms with Crippen LogP contribution in [0.4, 0.5) is 4.39 Å². The van der Waals surface area contributed by atoms with E-state index in [1.165, 1.54) is 6.07 Å². The third kappa shape index (κ3) is 4.94. The highest BCUT2D eigenvalue weighted by Gasteiger charge is 2.20. The van der Waals surface area contributed by atoms with Crippen LogP contribution in [0.5, 0.6) is 11.5 Å². The molecule has 0 N–H and O–H groups in total. The van der Waals surface area contributed by atoms with Gasteiger partial charge in [-0.15, -0.1) is 5.92 Å². The zero-order chi connectivity index (χ0) is 16.5. The molecule has 2 unspecified atom stereocenters. The predicted molar refractivity (Wildman–Crippen MR) is 89.0 cm³/mol. The van der Waals surface area contributed by atoms with Crippen LogP contribution in [0.25, 0.3) is 0 Å². The van der Waals surface area contributed by atoms with Crippen LogP contribution in [-0.2, 0) is 0 Å². The lowest BCUT2D eigenvalue weighted by Crippen LogP contribution is -2.09. The van der Waals surface area contributed by atoms with E-state index in [0.717, 1.165) is 12.8 Å². The highest BCUT2D eigenvalue weighted by atomic mass is 19.1. The SMILES string of the molecule is CC#CC(C)C(C)c1cc(OCCC)c(OCCC)cc1F. The second-order valence-corrected chi connectivity index (χ2v) is 5.49. The van der Waals surface area contributed by atoms with Crippen LogP contribution in [-0.4, -0.2) is 13.2 Å². The Bertz CT molecular complexity index is 528. The molecule has 1 rings (SSSR count). The standard InChI is InChI=1S/C19H27FO2/c1-6-9-14(4)15(5)16-12-18(21-10-7-2)19(13-17(16)20)22-11-8-3/h12-15H,7-8,10-11H2,1-5H3. The van der Waals surface area contributed by atoms with E-state index in [-0.39, 0.29) is 17.7 Å². The summed E-state index contributed by atoms with van der Waals surface area (Å²) in [6, 6.07) is 3.22. The maximum atomic E-state index is 14.4. The zero-order valence-corrected chi connectivity index (χ0v) is 14.3. The molecular weight excluding hydrogens is 279 g/mol. The minimum Gasteiger partial charge on any atom is -0.490 e. The Kier molecular flexibility index (Phi) is 7.80. The average molecular weight is 306 g/mol. The van der Waals surface area contributed by atoms with Crippen LogP contribution < -0.4 is 9.47 Å². The minimum atomic E-state index is -0.257. The van der Waals surface area contributed by atoms with Crippen LogP contribution in [0.2, 0.25) is 0 Å². The number of hydrogen-bond donors (Lipinski definition) is 0. The van der Waals surface area contributed by atoms with Gasteiger partial charge in [-0.3, -0.25) is 0 Å². The third-order valence-electron chi connectivity index (χ3n) is 3.60. The highest BCUT2D eigenvalue weighted by molar-refractivity contribution is 5.45. The molecule has 0 aliphatic carbocycles. The van der Waals surface area contributed by atoms with Crippen LogP contribution in [0.15, 0.2) is 12.1 Å². The molecule has 0 fully saturated rings. The Balaban J connectivity index is 3.14. The lowest BCUT2D eigenvalue weighted by molar-refractivity contribution is 0.266. The van der Waals surface area contributed by atoms with Crippen molar-refractivity contribution in [3.8, 4) is 23.3 Å². The summed E-state index contributed by atoms with van der Waals surface area (Å²) in [5.41, 5.74) is 0.630. The van der Waals surface area contributed by atoms with E-state index in [4.69, 9.17) is 9.47 Å². The normalized spacial score (nSPS) is 13.0. The first-order valence-electron chi connectivity index (χ1n) is 8.06. The van der Waals surface area contributed by atoms with E-state index in [2.05, 4.69) is 11.8 Å². The van der Waals surface area contributed by atoms with Crippen molar-refractivity contribution in [2.45, 2.75) is 53.4 Å². The lowest BCUT2D eigenvalue weighted by atomic mass is 9.88. The molecule has 0 amide bonds. The smallest absolute Gasteiger partial charge is 0.164 e. The summed E-state index contributed by atoms with van der Waals surface area (Å²) >= 11 is 0. The quantitative estimate of drug-likeness (QED) is 0.617. The van der Waals surface area contributed by atoms with Gasteiger partial charge in [-0.1, -0.05) is 33.6 Å². The predicted octanol–water partition coefficient (Wildman–Crippen LogP) is 5.17. The maximum absolute atomic E-state index is 14.4. The summed E-state index contributed by atoms with van der Waals surface area (Å²) in [7, 11) is 0. The molecule has 3 heteroatoms. The van der Waals surface area contributed by atoms with E-state index in [1.54, 1.807) is 13.0 Å². The molecular formula is C19H27FO2. The Morgan fingerprint density at radius 1 is 1.05 bits per heavy atom. The molecule has 122 valence electrons. The summed E-state index contributed by atoms with van der Waals surface area (Å²) in [4.78, 5) is 0. The molecule has 1 aromatic rings. The van der Waals surface area contributed by atoms with Gasteiger partial charge in [0.2, 0.25) is 0 Å². The second kappa shape index (κ2) is 9.35. The zero-order valence-electron chi connectivity index (χ0n) is 14.3. The number of hydrogen-bond acceptors (Lipinski definition) is 2. The minimum absolute atomic E-state index is 0.00310. The van der Waals surface area contributed by atoms with Gasteiger partial charge in [-0.05, 0) is 37.3 Å². The first kappa shape index (κ1) is 18.4. The van der Waals surface area contributed by atoms with Gasteiger partial charge in [0.05, 0.1) is 13.2 Å². The fraction of sp³-hybridized carbons (Fsp3) is 0.579. The maximum Gasteiger partial charge on any atom is 0.164 e. The molecule has 0 saturated carbocycles. The highest BCUT2D eigenvalue weighted by Crippen LogP contribution is 2.36. The van der Waals surface area contributed by atoms with Crippen LogP contribution >= 0.6 is 0 Å². The second-order valence-electron chi connectivity index (χ2n) is 5.49. The Morgan fingerprint density at radius 2 is 1.59 bits per heavy atom. The van der Waals surface area contributed by atoms with Gasteiger partial charge in [0, 0.05) is 12.0 Å². The van der Waals surface area contributed by atoms with Gasteiger partial charge in [0.15, 0.2) is 11.5 Å². The van der Waals surface area contributed by atoms with Gasteiger partial charge in [0.25, 0.3) is 0 Å². The molecule has 22 heavy (non-hydrogen) atoms. The lowest BCUT2D eigenvalue weighted by Gasteiger charge is -2.19. The largest absolute Gasteiger partial charge is 0.490 e. The van der Waals surface area contributed by atoms with Crippen LogP contribution in [0.1, 0.15) is 58.9 Å². The molecule has 0 spiro atoms. The van der Waals surface area contributed by atoms with Gasteiger partial charge >= 0.3 is 0 Å². The van der Waals surface area contributed by atoms with E-state index in [0.29, 0.717) is 30.3 Å². The molecule has 2 nitrogen and oxygen atoms in total. The fourth-order valence-corrected chi connectivity index (χ4v) is 2.17. The molecule has 0 radical (unpaired) electrons.